The Morgan fingerprint density at radius 1 is 0.944 bits per heavy atom. The Morgan fingerprint density at radius 2 is 1.65 bits per heavy atom. The van der Waals surface area contributed by atoms with Gasteiger partial charge in [-0.3, -0.25) is 19.1 Å². The first kappa shape index (κ1) is 40.7. The fourth-order valence-corrected chi connectivity index (χ4v) is 7.31. The second-order valence-electron chi connectivity index (χ2n) is 15.3. The zero-order valence-electron chi connectivity index (χ0n) is 31.9. The summed E-state index contributed by atoms with van der Waals surface area (Å²) in [6.45, 7) is 4.67. The van der Waals surface area contributed by atoms with Crippen LogP contribution in [0.5, 0.6) is 5.75 Å². The van der Waals surface area contributed by atoms with E-state index in [0.29, 0.717) is 25.2 Å². The number of halogens is 3. The maximum atomic E-state index is 15.3. The number of likely N-dealkylation sites (N-methyl/N-ethyl adjacent to an activating group) is 2. The van der Waals surface area contributed by atoms with Crippen LogP contribution in [0, 0.1) is 11.7 Å². The van der Waals surface area contributed by atoms with Crippen LogP contribution in [0.3, 0.4) is 0 Å². The SMILES string of the molecule is CC(C)C[C@H]1NC(=O)c2ccc(F)cc2OCc2cn(nn2)CCCCCCCCN(C)CC(Cc2ccccc2)N(C)C(=O)[C@H]2CC(F)(F)CN2C1=O. The van der Waals surface area contributed by atoms with Gasteiger partial charge < -0.3 is 24.8 Å². The molecule has 3 atom stereocenters. The second-order valence-corrected chi connectivity index (χ2v) is 15.3. The molecule has 0 saturated carbocycles. The fraction of sp³-hybridized carbons (Fsp3) is 0.575. The topological polar surface area (TPSA) is 113 Å². The molecule has 3 amide bonds. The molecule has 1 saturated heterocycles. The van der Waals surface area contributed by atoms with Crippen molar-refractivity contribution in [2.24, 2.45) is 5.92 Å². The fourth-order valence-electron chi connectivity index (χ4n) is 7.31. The first-order valence-corrected chi connectivity index (χ1v) is 19.1. The second kappa shape index (κ2) is 18.7. The zero-order chi connectivity index (χ0) is 38.8. The largest absolute Gasteiger partial charge is 0.486 e. The average Bonchev–Trinajstić information content (AvgIpc) is 3.73. The lowest BCUT2D eigenvalue weighted by Gasteiger charge is -2.36. The van der Waals surface area contributed by atoms with Crippen molar-refractivity contribution in [1.29, 1.82) is 0 Å². The number of hydrogen-bond donors (Lipinski definition) is 1. The Labute approximate surface area is 316 Å². The van der Waals surface area contributed by atoms with Gasteiger partial charge in [-0.05, 0) is 62.9 Å². The molecule has 3 aromatic rings. The molecule has 294 valence electrons. The van der Waals surface area contributed by atoms with Crippen molar-refractivity contribution in [3.05, 3.63) is 77.4 Å². The normalized spacial score (nSPS) is 23.1. The maximum absolute atomic E-state index is 15.3. The molecule has 0 aliphatic carbocycles. The molecule has 0 radical (unpaired) electrons. The lowest BCUT2D eigenvalue weighted by Crippen LogP contribution is -2.56. The lowest BCUT2D eigenvalue weighted by molar-refractivity contribution is -0.145. The highest BCUT2D eigenvalue weighted by Gasteiger charge is 2.52. The maximum Gasteiger partial charge on any atom is 0.267 e. The summed E-state index contributed by atoms with van der Waals surface area (Å²) in [4.78, 5) is 47.0. The molecule has 1 N–H and O–H groups in total. The van der Waals surface area contributed by atoms with Crippen LogP contribution < -0.4 is 10.1 Å². The molecule has 1 aromatic heterocycles. The van der Waals surface area contributed by atoms with E-state index in [1.807, 2.05) is 51.2 Å². The first-order chi connectivity index (χ1) is 25.8. The Bertz CT molecular complexity index is 1710. The summed E-state index contributed by atoms with van der Waals surface area (Å²) in [6, 6.07) is 10.1. The molecule has 3 heterocycles. The Morgan fingerprint density at radius 3 is 2.37 bits per heavy atom. The minimum Gasteiger partial charge on any atom is -0.486 e. The number of ether oxygens (including phenoxy) is 1. The summed E-state index contributed by atoms with van der Waals surface area (Å²) in [7, 11) is 3.63. The van der Waals surface area contributed by atoms with Crippen LogP contribution in [-0.2, 0) is 29.2 Å². The van der Waals surface area contributed by atoms with Gasteiger partial charge in [-0.2, -0.15) is 0 Å². The molecule has 0 spiro atoms. The number of aryl methyl sites for hydroxylation is 1. The number of alkyl halides is 2. The van der Waals surface area contributed by atoms with Crippen molar-refractivity contribution in [3.63, 3.8) is 0 Å². The van der Waals surface area contributed by atoms with Gasteiger partial charge in [0, 0.05) is 38.7 Å². The Kier molecular flexibility index (Phi) is 14.1. The quantitative estimate of drug-likeness (QED) is 0.362. The van der Waals surface area contributed by atoms with Crippen molar-refractivity contribution >= 4 is 17.7 Å². The van der Waals surface area contributed by atoms with E-state index in [-0.39, 0.29) is 36.3 Å². The highest BCUT2D eigenvalue weighted by molar-refractivity contribution is 6.00. The summed E-state index contributed by atoms with van der Waals surface area (Å²) in [5.41, 5.74) is 1.45. The minimum atomic E-state index is -3.31. The molecule has 54 heavy (non-hydrogen) atoms. The minimum absolute atomic E-state index is 0.0428. The number of rotatable bonds is 4. The third kappa shape index (κ3) is 11.3. The number of aromatic nitrogens is 3. The summed E-state index contributed by atoms with van der Waals surface area (Å²) in [6.07, 6.45) is 7.71. The van der Waals surface area contributed by atoms with E-state index in [9.17, 15) is 18.8 Å². The number of nitrogens with one attached hydrogen (secondary N) is 1. The third-order valence-electron chi connectivity index (χ3n) is 10.2. The number of nitrogens with zero attached hydrogens (tertiary/aromatic N) is 6. The zero-order valence-corrected chi connectivity index (χ0v) is 31.9. The van der Waals surface area contributed by atoms with E-state index in [2.05, 4.69) is 20.5 Å². The Balaban J connectivity index is 1.44. The van der Waals surface area contributed by atoms with E-state index in [4.69, 9.17) is 4.74 Å². The average molecular weight is 754 g/mol. The molecule has 5 rings (SSSR count). The number of hydrogen-bond acceptors (Lipinski definition) is 7. The van der Waals surface area contributed by atoms with Crippen LogP contribution in [0.1, 0.15) is 86.8 Å². The summed E-state index contributed by atoms with van der Waals surface area (Å²) in [5.74, 6) is -6.24. The van der Waals surface area contributed by atoms with Crippen LogP contribution in [0.25, 0.3) is 0 Å². The number of fused-ring (bicyclic) bond motifs is 4. The van der Waals surface area contributed by atoms with Crippen molar-refractivity contribution in [2.45, 2.75) is 109 Å². The van der Waals surface area contributed by atoms with Crippen molar-refractivity contribution in [2.75, 3.05) is 33.7 Å². The van der Waals surface area contributed by atoms with Gasteiger partial charge in [0.1, 0.15) is 36.0 Å². The predicted molar refractivity (Wildman–Crippen MR) is 198 cm³/mol. The van der Waals surface area contributed by atoms with Crippen LogP contribution in [-0.4, -0.2) is 105 Å². The van der Waals surface area contributed by atoms with Gasteiger partial charge in [-0.15, -0.1) is 5.10 Å². The standard InChI is InChI=1S/C40H54F3N7O4/c1-28(2)20-34-38(52)50-27-40(42,43)23-35(50)39(53)48(4)32(21-29-14-10-9-11-15-29)25-47(3)18-12-7-5-6-8-13-19-49-24-31(45-46-49)26-54-36-22-30(41)16-17-33(36)37(51)44-34/h9-11,14-17,22,24,28,32,34-35H,5-8,12-13,18-21,23,25-27H2,1-4H3,(H,44,51)/t32?,34-,35-/m1/s1. The van der Waals surface area contributed by atoms with E-state index < -0.39 is 54.5 Å². The molecular formula is C40H54F3N7O4. The van der Waals surface area contributed by atoms with E-state index in [0.717, 1.165) is 67.7 Å². The molecule has 11 nitrogen and oxygen atoms in total. The number of benzene rings is 2. The van der Waals surface area contributed by atoms with Crippen molar-refractivity contribution < 1.29 is 32.3 Å². The Hall–Kier alpha value is -4.46. The van der Waals surface area contributed by atoms with Gasteiger partial charge in [0.2, 0.25) is 11.8 Å². The van der Waals surface area contributed by atoms with Crippen LogP contribution >= 0.6 is 0 Å². The predicted octanol–water partition coefficient (Wildman–Crippen LogP) is 5.73. The molecular weight excluding hydrogens is 699 g/mol. The summed E-state index contributed by atoms with van der Waals surface area (Å²) < 4.78 is 52.6. The molecule has 2 aliphatic heterocycles. The van der Waals surface area contributed by atoms with Gasteiger partial charge in [-0.1, -0.05) is 75.1 Å². The number of carbonyl (C=O) groups excluding carboxylic acids is 3. The molecule has 2 bridgehead atoms. The summed E-state index contributed by atoms with van der Waals surface area (Å²) in [5, 5.41) is 11.0. The molecule has 1 fully saturated rings. The van der Waals surface area contributed by atoms with Gasteiger partial charge in [0.05, 0.1) is 18.3 Å². The smallest absolute Gasteiger partial charge is 0.267 e. The molecule has 2 aromatic carbocycles. The highest BCUT2D eigenvalue weighted by Crippen LogP contribution is 2.34. The third-order valence-corrected chi connectivity index (χ3v) is 10.2. The number of carbonyl (C=O) groups is 3. The van der Waals surface area contributed by atoms with Gasteiger partial charge in [-0.25, -0.2) is 13.2 Å². The van der Waals surface area contributed by atoms with Crippen LogP contribution in [0.4, 0.5) is 13.2 Å². The molecule has 2 aliphatic rings. The van der Waals surface area contributed by atoms with Crippen LogP contribution in [0.15, 0.2) is 54.7 Å². The van der Waals surface area contributed by atoms with E-state index in [1.165, 1.54) is 11.0 Å². The molecule has 14 heteroatoms. The van der Waals surface area contributed by atoms with Gasteiger partial charge in [0.25, 0.3) is 11.8 Å². The van der Waals surface area contributed by atoms with Crippen LogP contribution in [0.2, 0.25) is 0 Å². The van der Waals surface area contributed by atoms with Gasteiger partial charge >= 0.3 is 0 Å². The monoisotopic (exact) mass is 753 g/mol. The highest BCUT2D eigenvalue weighted by atomic mass is 19.3. The van der Waals surface area contributed by atoms with E-state index >= 15 is 8.78 Å². The molecule has 1 unspecified atom stereocenters. The van der Waals surface area contributed by atoms with Gasteiger partial charge in [0.15, 0.2) is 0 Å². The van der Waals surface area contributed by atoms with E-state index in [1.54, 1.807) is 17.9 Å². The van der Waals surface area contributed by atoms with Crippen molar-refractivity contribution in [3.8, 4) is 5.75 Å². The number of amides is 3. The first-order valence-electron chi connectivity index (χ1n) is 19.1. The lowest BCUT2D eigenvalue weighted by atomic mass is 10.0. The summed E-state index contributed by atoms with van der Waals surface area (Å²) >= 11 is 0. The van der Waals surface area contributed by atoms with Crippen molar-refractivity contribution in [1.82, 2.24) is 35.0 Å².